The Balaban J connectivity index is 0.000000120. The van der Waals surface area contributed by atoms with E-state index in [-0.39, 0.29) is 0 Å². The summed E-state index contributed by atoms with van der Waals surface area (Å²) in [6.07, 6.45) is 27.6. The molecule has 4 fully saturated rings. The van der Waals surface area contributed by atoms with Gasteiger partial charge in [0.2, 0.25) is 44.8 Å². The predicted molar refractivity (Wildman–Crippen MR) is 423 cm³/mol. The highest BCUT2D eigenvalue weighted by atomic mass is 15.0. The van der Waals surface area contributed by atoms with Crippen molar-refractivity contribution in [2.75, 3.05) is 0 Å². The van der Waals surface area contributed by atoms with Gasteiger partial charge in [-0.3, -0.25) is 0 Å². The fourth-order valence-electron chi connectivity index (χ4n) is 17.9. The number of aryl methyl sites for hydroxylation is 11. The Labute approximate surface area is 599 Å². The average Bonchev–Trinajstić information content (AvgIpc) is 0.784. The monoisotopic (exact) mass is 1320 g/mol. The first-order valence-corrected chi connectivity index (χ1v) is 38.6. The van der Waals surface area contributed by atoms with Crippen molar-refractivity contribution in [3.63, 3.8) is 0 Å². The van der Waals surface area contributed by atoms with Gasteiger partial charge >= 0.3 is 0 Å². The van der Waals surface area contributed by atoms with Crippen molar-refractivity contribution in [1.29, 1.82) is 0 Å². The molecule has 0 amide bonds. The standard InChI is InChI=1S/C25H30N.2C24H28N.C23H26N/c1-17-15-18(2)19(3)23(16-17)25-14-13-22-21(20-9-6-5-7-10-20)11-8-12-24(22)26(25)4;1-17-12-13-18(2)22(16-17)24-15-14-21-20(19-8-5-4-6-9-19)10-7-11-23(21)25(24)3;1-17-9-10-18(2)22(15-17)24-14-12-21-16-20(11-13-23(21)25(24)3)19-7-5-4-6-8-19;1-17-8-6-7-11-21(17)23-15-13-20-16-19(12-14-22(20)24(23)2)18-9-4-3-5-10-18/h8,11-16,20H,5-7,9-10H2,1-4H3;7,10-16,19H,4-6,8-9H2,1-3H3;9-16,19H,4-8H2,1-3H3;6-8,11-16,18H,3-5,9-10H2,1-2H3/q4*+1. The highest BCUT2D eigenvalue weighted by Gasteiger charge is 2.27. The summed E-state index contributed by atoms with van der Waals surface area (Å²) >= 11 is 0. The van der Waals surface area contributed by atoms with Crippen molar-refractivity contribution in [3.05, 3.63) is 261 Å². The lowest BCUT2D eigenvalue weighted by atomic mass is 9.82. The molecule has 0 N–H and O–H groups in total. The molecular weight excluding hydrogens is 1210 g/mol. The zero-order chi connectivity index (χ0) is 69.6. The van der Waals surface area contributed by atoms with Gasteiger partial charge < -0.3 is 0 Å². The van der Waals surface area contributed by atoms with Gasteiger partial charge in [0.05, 0.1) is 0 Å². The second-order valence-electron chi connectivity index (χ2n) is 30.9. The maximum Gasteiger partial charge on any atom is 0.213 e. The van der Waals surface area contributed by atoms with Gasteiger partial charge in [-0.25, -0.2) is 0 Å². The summed E-state index contributed by atoms with van der Waals surface area (Å²) in [7, 11) is 8.81. The maximum absolute atomic E-state index is 2.43. The molecule has 0 saturated heterocycles. The van der Waals surface area contributed by atoms with E-state index in [4.69, 9.17) is 0 Å². The topological polar surface area (TPSA) is 15.5 Å². The zero-order valence-corrected chi connectivity index (χ0v) is 62.7. The van der Waals surface area contributed by atoms with Gasteiger partial charge in [0.1, 0.15) is 28.2 Å². The molecule has 8 aromatic carbocycles. The Morgan fingerprint density at radius 1 is 0.250 bits per heavy atom. The van der Waals surface area contributed by atoms with Gasteiger partial charge in [-0.2, -0.15) is 18.3 Å². The molecule has 0 spiro atoms. The summed E-state index contributed by atoms with van der Waals surface area (Å²) < 4.78 is 9.45. The molecule has 4 nitrogen and oxygen atoms in total. The van der Waals surface area contributed by atoms with Crippen LogP contribution in [-0.2, 0) is 28.2 Å². The summed E-state index contributed by atoms with van der Waals surface area (Å²) in [5.74, 6) is 3.01. The molecule has 100 heavy (non-hydrogen) atoms. The van der Waals surface area contributed by atoms with Crippen LogP contribution >= 0.6 is 0 Å². The number of rotatable bonds is 8. The van der Waals surface area contributed by atoms with E-state index in [0.29, 0.717) is 0 Å². The molecule has 512 valence electrons. The first-order valence-electron chi connectivity index (χ1n) is 38.6. The molecule has 16 rings (SSSR count). The van der Waals surface area contributed by atoms with Crippen LogP contribution in [0, 0.1) is 55.4 Å². The normalized spacial score (nSPS) is 15.6. The average molecular weight is 1320 g/mol. The third-order valence-electron chi connectivity index (χ3n) is 24.0. The number of pyridine rings is 4. The summed E-state index contributed by atoms with van der Waals surface area (Å²) in [5, 5.41) is 5.59. The quantitative estimate of drug-likeness (QED) is 0.135. The van der Waals surface area contributed by atoms with Crippen molar-refractivity contribution in [2.45, 2.75) is 207 Å². The minimum absolute atomic E-state index is 0.737. The van der Waals surface area contributed by atoms with Crippen LogP contribution in [0.25, 0.3) is 88.6 Å². The van der Waals surface area contributed by atoms with E-state index < -0.39 is 0 Å². The second-order valence-corrected chi connectivity index (χ2v) is 30.9. The van der Waals surface area contributed by atoms with E-state index in [1.807, 2.05) is 0 Å². The van der Waals surface area contributed by atoms with Crippen LogP contribution in [0.1, 0.15) is 219 Å². The first kappa shape index (κ1) is 69.9. The zero-order valence-electron chi connectivity index (χ0n) is 62.7. The van der Waals surface area contributed by atoms with Gasteiger partial charge in [0, 0.05) is 92.3 Å². The Hall–Kier alpha value is -8.60. The molecule has 4 aliphatic rings. The smallest absolute Gasteiger partial charge is 0.194 e. The Morgan fingerprint density at radius 2 is 0.620 bits per heavy atom. The van der Waals surface area contributed by atoms with Crippen LogP contribution in [-0.4, -0.2) is 0 Å². The van der Waals surface area contributed by atoms with Gasteiger partial charge in [-0.05, 0) is 241 Å². The largest absolute Gasteiger partial charge is 0.213 e. The molecule has 0 unspecified atom stereocenters. The van der Waals surface area contributed by atoms with E-state index >= 15 is 0 Å². The second kappa shape index (κ2) is 31.5. The lowest BCUT2D eigenvalue weighted by Gasteiger charge is -2.23. The van der Waals surface area contributed by atoms with Crippen molar-refractivity contribution in [3.8, 4) is 45.0 Å². The fourth-order valence-corrected chi connectivity index (χ4v) is 17.9. The minimum Gasteiger partial charge on any atom is -0.194 e. The molecule has 4 aromatic heterocycles. The Kier molecular flexibility index (Phi) is 22.0. The number of fused-ring (bicyclic) bond motifs is 4. The van der Waals surface area contributed by atoms with Crippen molar-refractivity contribution < 1.29 is 18.3 Å². The number of hydrogen-bond acceptors (Lipinski definition) is 0. The molecule has 4 aliphatic carbocycles. The molecule has 4 heterocycles. The van der Waals surface area contributed by atoms with Crippen LogP contribution in [0.5, 0.6) is 0 Å². The summed E-state index contributed by atoms with van der Waals surface area (Å²) in [6.45, 7) is 17.6. The van der Waals surface area contributed by atoms with Crippen LogP contribution in [0.15, 0.2) is 194 Å². The number of aromatic nitrogens is 4. The molecule has 4 saturated carbocycles. The van der Waals surface area contributed by atoms with E-state index in [0.717, 1.165) is 23.7 Å². The molecule has 0 aliphatic heterocycles. The first-order chi connectivity index (χ1) is 48.6. The highest BCUT2D eigenvalue weighted by Crippen LogP contribution is 2.41. The number of hydrogen-bond donors (Lipinski definition) is 0. The van der Waals surface area contributed by atoms with Crippen LogP contribution < -0.4 is 18.3 Å². The number of benzene rings is 8. The lowest BCUT2D eigenvalue weighted by Crippen LogP contribution is -2.32. The van der Waals surface area contributed by atoms with Gasteiger partial charge in [0.25, 0.3) is 0 Å². The van der Waals surface area contributed by atoms with E-state index in [9.17, 15) is 0 Å². The van der Waals surface area contributed by atoms with Gasteiger partial charge in [0.15, 0.2) is 0 Å². The van der Waals surface area contributed by atoms with E-state index in [2.05, 4.69) is 296 Å². The third-order valence-corrected chi connectivity index (χ3v) is 24.0. The van der Waals surface area contributed by atoms with E-state index in [1.165, 1.54) is 273 Å². The van der Waals surface area contributed by atoms with Crippen LogP contribution in [0.2, 0.25) is 0 Å². The van der Waals surface area contributed by atoms with Crippen molar-refractivity contribution in [1.82, 2.24) is 0 Å². The number of nitrogens with zero attached hydrogens (tertiary/aromatic N) is 4. The molecule has 4 heteroatoms. The Bertz CT molecular complexity index is 4910. The molecular formula is C96H112N4+4. The summed E-state index contributed by atoms with van der Waals surface area (Å²) in [6, 6.07) is 73.2. The fraction of sp³-hybridized carbons (Fsp3) is 0.375. The van der Waals surface area contributed by atoms with Crippen LogP contribution in [0.3, 0.4) is 0 Å². The molecule has 0 bridgehead atoms. The lowest BCUT2D eigenvalue weighted by molar-refractivity contribution is -0.633. The molecule has 12 aromatic rings. The minimum atomic E-state index is 0.737. The molecule has 0 atom stereocenters. The van der Waals surface area contributed by atoms with E-state index in [1.54, 1.807) is 11.1 Å². The predicted octanol–water partition coefficient (Wildman–Crippen LogP) is 24.0. The Morgan fingerprint density at radius 3 is 1.06 bits per heavy atom. The summed E-state index contributed by atoms with van der Waals surface area (Å²) in [5.41, 5.74) is 32.8. The van der Waals surface area contributed by atoms with Crippen molar-refractivity contribution >= 4 is 43.6 Å². The maximum atomic E-state index is 2.43. The van der Waals surface area contributed by atoms with Gasteiger partial charge in [-0.15, -0.1) is 0 Å². The van der Waals surface area contributed by atoms with Gasteiger partial charge in [-0.1, -0.05) is 179 Å². The van der Waals surface area contributed by atoms with Crippen molar-refractivity contribution in [2.24, 2.45) is 28.2 Å². The SMILES string of the molecule is Cc1cc(C)c(C)c(-c2ccc3c(C4CCCCC4)cccc3[n+]2C)c1.Cc1ccc(C)c(-c2ccc3c(C4CCCCC4)cccc3[n+]2C)c1.Cc1ccc(C)c(-c2ccc3cc(C4CCCCC4)ccc3[n+]2C)c1.Cc1ccccc1-c1ccc2cc(C3CCCCC3)ccc2[n+]1C. The van der Waals surface area contributed by atoms with Crippen LogP contribution in [0.4, 0.5) is 0 Å². The highest BCUT2D eigenvalue weighted by molar-refractivity contribution is 5.84. The summed E-state index contributed by atoms with van der Waals surface area (Å²) in [4.78, 5) is 0. The molecule has 0 radical (unpaired) electrons. The third kappa shape index (κ3) is 15.2.